The molecule has 1 aliphatic heterocycles. The van der Waals surface area contributed by atoms with Crippen molar-refractivity contribution in [3.05, 3.63) is 53.0 Å². The van der Waals surface area contributed by atoms with E-state index >= 15 is 0 Å². The highest BCUT2D eigenvalue weighted by Gasteiger charge is 2.33. The van der Waals surface area contributed by atoms with E-state index in [9.17, 15) is 24.5 Å². The number of carbonyl (C=O) groups excluding carboxylic acids is 1. The van der Waals surface area contributed by atoms with Crippen LogP contribution in [-0.2, 0) is 0 Å². The van der Waals surface area contributed by atoms with Gasteiger partial charge in [-0.05, 0) is 36.8 Å². The van der Waals surface area contributed by atoms with E-state index in [-0.39, 0.29) is 17.1 Å². The maximum atomic E-state index is 13.1. The smallest absolute Gasteiger partial charge is 0.232 e. The van der Waals surface area contributed by atoms with Gasteiger partial charge in [-0.1, -0.05) is 6.07 Å². The second-order valence-corrected chi connectivity index (χ2v) is 4.86. The number of hydrogen-bond acceptors (Lipinski definition) is 5. The van der Waals surface area contributed by atoms with Crippen molar-refractivity contribution in [3.63, 3.8) is 0 Å². The minimum atomic E-state index is -0.772. The molecule has 0 amide bonds. The Labute approximate surface area is 124 Å². The Bertz CT molecular complexity index is 839. The summed E-state index contributed by atoms with van der Waals surface area (Å²) < 4.78 is 18.5. The highest BCUT2D eigenvalue weighted by molar-refractivity contribution is 6.16. The SMILES string of the molecule is C/C(=C1\Oc2c(ccc(O)c2O)C1=O)c1ccc(F)c(O)c1. The third-order valence-corrected chi connectivity index (χ3v) is 3.48. The summed E-state index contributed by atoms with van der Waals surface area (Å²) in [6.45, 7) is 1.57. The van der Waals surface area contributed by atoms with Gasteiger partial charge >= 0.3 is 0 Å². The first-order chi connectivity index (χ1) is 10.4. The van der Waals surface area contributed by atoms with Gasteiger partial charge in [0.2, 0.25) is 11.5 Å². The maximum Gasteiger partial charge on any atom is 0.232 e. The summed E-state index contributed by atoms with van der Waals surface area (Å²) in [5.41, 5.74) is 0.894. The van der Waals surface area contributed by atoms with Crippen LogP contribution in [-0.4, -0.2) is 21.1 Å². The topological polar surface area (TPSA) is 87.0 Å². The first-order valence-corrected chi connectivity index (χ1v) is 6.37. The number of Topliss-reactive ketones (excluding diaryl/α,β-unsaturated/α-hetero) is 1. The Morgan fingerprint density at radius 3 is 2.50 bits per heavy atom. The molecule has 112 valence electrons. The number of hydrogen-bond donors (Lipinski definition) is 3. The maximum absolute atomic E-state index is 13.1. The summed E-state index contributed by atoms with van der Waals surface area (Å²) in [6.07, 6.45) is 0. The minimum Gasteiger partial charge on any atom is -0.505 e. The molecule has 0 unspecified atom stereocenters. The highest BCUT2D eigenvalue weighted by Crippen LogP contribution is 2.45. The third-order valence-electron chi connectivity index (χ3n) is 3.48. The van der Waals surface area contributed by atoms with Gasteiger partial charge in [-0.15, -0.1) is 0 Å². The van der Waals surface area contributed by atoms with E-state index < -0.39 is 28.8 Å². The van der Waals surface area contributed by atoms with Crippen LogP contribution in [0.5, 0.6) is 23.0 Å². The van der Waals surface area contributed by atoms with Gasteiger partial charge in [0.1, 0.15) is 0 Å². The summed E-state index contributed by atoms with van der Waals surface area (Å²) in [4.78, 5) is 12.3. The number of phenols is 3. The van der Waals surface area contributed by atoms with Crippen LogP contribution in [0.15, 0.2) is 36.1 Å². The van der Waals surface area contributed by atoms with E-state index in [1.807, 2.05) is 0 Å². The highest BCUT2D eigenvalue weighted by atomic mass is 19.1. The molecule has 0 saturated heterocycles. The lowest BCUT2D eigenvalue weighted by Crippen LogP contribution is -2.02. The van der Waals surface area contributed by atoms with Crippen LogP contribution >= 0.6 is 0 Å². The molecule has 22 heavy (non-hydrogen) atoms. The Balaban J connectivity index is 2.11. The molecule has 0 aliphatic carbocycles. The van der Waals surface area contributed by atoms with E-state index in [2.05, 4.69) is 0 Å². The largest absolute Gasteiger partial charge is 0.505 e. The molecule has 6 heteroatoms. The van der Waals surface area contributed by atoms with Crippen LogP contribution < -0.4 is 4.74 Å². The molecule has 0 aromatic heterocycles. The molecule has 2 aromatic carbocycles. The number of aromatic hydroxyl groups is 3. The Kier molecular flexibility index (Phi) is 3.02. The second-order valence-electron chi connectivity index (χ2n) is 4.86. The van der Waals surface area contributed by atoms with Crippen molar-refractivity contribution in [3.8, 4) is 23.0 Å². The molecule has 3 N–H and O–H groups in total. The van der Waals surface area contributed by atoms with Crippen LogP contribution in [0.1, 0.15) is 22.8 Å². The normalized spacial score (nSPS) is 15.5. The number of ketones is 1. The summed E-state index contributed by atoms with van der Waals surface area (Å²) in [6, 6.07) is 6.18. The Morgan fingerprint density at radius 2 is 1.82 bits per heavy atom. The molecule has 1 aliphatic rings. The zero-order chi connectivity index (χ0) is 16.0. The Hall–Kier alpha value is -3.02. The van der Waals surface area contributed by atoms with Gasteiger partial charge in [-0.3, -0.25) is 4.79 Å². The Morgan fingerprint density at radius 1 is 1.09 bits per heavy atom. The first kappa shape index (κ1) is 13.9. The molecular weight excluding hydrogens is 291 g/mol. The van der Waals surface area contributed by atoms with Crippen LogP contribution in [0.3, 0.4) is 0 Å². The molecule has 0 atom stereocenters. The average Bonchev–Trinajstić information content (AvgIpc) is 2.83. The van der Waals surface area contributed by atoms with Gasteiger partial charge in [-0.2, -0.15) is 0 Å². The van der Waals surface area contributed by atoms with Crippen molar-refractivity contribution < 1.29 is 29.2 Å². The van der Waals surface area contributed by atoms with Crippen molar-refractivity contribution in [1.29, 1.82) is 0 Å². The van der Waals surface area contributed by atoms with Gasteiger partial charge in [0.15, 0.2) is 28.8 Å². The molecule has 1 heterocycles. The van der Waals surface area contributed by atoms with Crippen molar-refractivity contribution in [2.75, 3.05) is 0 Å². The van der Waals surface area contributed by atoms with Crippen molar-refractivity contribution in [1.82, 2.24) is 0 Å². The van der Waals surface area contributed by atoms with Gasteiger partial charge in [0.05, 0.1) is 5.56 Å². The molecule has 5 nitrogen and oxygen atoms in total. The number of halogens is 1. The molecule has 0 radical (unpaired) electrons. The number of fused-ring (bicyclic) bond motifs is 1. The molecule has 0 fully saturated rings. The third kappa shape index (κ3) is 1.96. The van der Waals surface area contributed by atoms with Crippen molar-refractivity contribution in [2.45, 2.75) is 6.92 Å². The fraction of sp³-hybridized carbons (Fsp3) is 0.0625. The van der Waals surface area contributed by atoms with Crippen molar-refractivity contribution >= 4 is 11.4 Å². The van der Waals surface area contributed by atoms with E-state index in [1.54, 1.807) is 6.92 Å². The van der Waals surface area contributed by atoms with Gasteiger partial charge < -0.3 is 20.1 Å². The van der Waals surface area contributed by atoms with E-state index in [0.29, 0.717) is 11.1 Å². The predicted molar refractivity (Wildman–Crippen MR) is 75.4 cm³/mol. The van der Waals surface area contributed by atoms with Gasteiger partial charge in [0, 0.05) is 5.57 Å². The van der Waals surface area contributed by atoms with Crippen LogP contribution in [0, 0.1) is 5.82 Å². The number of ether oxygens (including phenoxy) is 1. The summed E-state index contributed by atoms with van der Waals surface area (Å²) in [5.74, 6) is -2.87. The number of benzene rings is 2. The molecule has 2 aromatic rings. The number of rotatable bonds is 1. The summed E-state index contributed by atoms with van der Waals surface area (Å²) >= 11 is 0. The standard InChI is InChI=1S/C16H11FO5/c1-7(8-2-4-10(17)12(19)6-8)15-13(20)9-3-5-11(18)14(21)16(9)22-15/h2-6,18-19,21H,1H3/b15-7+. The minimum absolute atomic E-state index is 0.0538. The number of phenolic OH excluding ortho intramolecular Hbond substituents is 3. The fourth-order valence-corrected chi connectivity index (χ4v) is 2.24. The summed E-state index contributed by atoms with van der Waals surface area (Å²) in [5, 5.41) is 28.6. The lowest BCUT2D eigenvalue weighted by molar-refractivity contribution is 0.101. The van der Waals surface area contributed by atoms with Crippen LogP contribution in [0.25, 0.3) is 5.57 Å². The van der Waals surface area contributed by atoms with Gasteiger partial charge in [0.25, 0.3) is 0 Å². The van der Waals surface area contributed by atoms with Crippen LogP contribution in [0.4, 0.5) is 4.39 Å². The lowest BCUT2D eigenvalue weighted by atomic mass is 10.0. The zero-order valence-electron chi connectivity index (χ0n) is 11.4. The number of carbonyl (C=O) groups is 1. The summed E-state index contributed by atoms with van der Waals surface area (Å²) in [7, 11) is 0. The zero-order valence-corrected chi connectivity index (χ0v) is 11.4. The predicted octanol–water partition coefficient (Wildman–Crippen LogP) is 2.95. The second kappa shape index (κ2) is 4.77. The molecule has 0 bridgehead atoms. The lowest BCUT2D eigenvalue weighted by Gasteiger charge is -2.07. The molecule has 0 saturated carbocycles. The fourth-order valence-electron chi connectivity index (χ4n) is 2.24. The van der Waals surface area contributed by atoms with Gasteiger partial charge in [-0.25, -0.2) is 4.39 Å². The average molecular weight is 302 g/mol. The molecular formula is C16H11FO5. The molecule has 0 spiro atoms. The van der Waals surface area contributed by atoms with E-state index in [0.717, 1.165) is 6.07 Å². The van der Waals surface area contributed by atoms with E-state index in [1.165, 1.54) is 24.3 Å². The van der Waals surface area contributed by atoms with Crippen LogP contribution in [0.2, 0.25) is 0 Å². The number of allylic oxidation sites excluding steroid dienone is 2. The first-order valence-electron chi connectivity index (χ1n) is 6.37. The quantitative estimate of drug-likeness (QED) is 0.557. The monoisotopic (exact) mass is 302 g/mol. The van der Waals surface area contributed by atoms with Crippen molar-refractivity contribution in [2.24, 2.45) is 0 Å². The molecule has 3 rings (SSSR count). The van der Waals surface area contributed by atoms with E-state index in [4.69, 9.17) is 4.74 Å².